The zero-order chi connectivity index (χ0) is 31.3. The van der Waals surface area contributed by atoms with Crippen LogP contribution in [0.4, 0.5) is 13.9 Å². The van der Waals surface area contributed by atoms with Crippen molar-refractivity contribution >= 4 is 73.4 Å². The molecular weight excluding hydrogens is 621 g/mol. The van der Waals surface area contributed by atoms with E-state index < -0.39 is 48.1 Å². The molecule has 1 aliphatic heterocycles. The van der Waals surface area contributed by atoms with Crippen LogP contribution in [0.1, 0.15) is 48.8 Å². The van der Waals surface area contributed by atoms with Crippen molar-refractivity contribution in [3.05, 3.63) is 59.0 Å². The first kappa shape index (κ1) is 31.1. The number of aromatic nitrogens is 1. The summed E-state index contributed by atoms with van der Waals surface area (Å²) in [4.78, 5) is 64.6. The summed E-state index contributed by atoms with van der Waals surface area (Å²) in [7, 11) is -5.76. The molecule has 15 heteroatoms. The lowest BCUT2D eigenvalue weighted by Crippen LogP contribution is -2.57. The molecule has 1 aliphatic rings. The molecule has 3 heterocycles. The highest BCUT2D eigenvalue weighted by Gasteiger charge is 2.50. The minimum absolute atomic E-state index is 0.125. The quantitative estimate of drug-likeness (QED) is 0.193. The molecule has 2 aromatic heterocycles. The van der Waals surface area contributed by atoms with E-state index in [9.17, 15) is 27.7 Å². The Morgan fingerprint density at radius 3 is 2.47 bits per heavy atom. The monoisotopic (exact) mass is 650 g/mol. The summed E-state index contributed by atoms with van der Waals surface area (Å²) in [6, 6.07) is 10.2. The van der Waals surface area contributed by atoms with Gasteiger partial charge in [0.25, 0.3) is 5.91 Å². The Balaban J connectivity index is 1.34. The first-order valence-corrected chi connectivity index (χ1v) is 16.6. The van der Waals surface area contributed by atoms with E-state index in [4.69, 9.17) is 9.79 Å². The fraction of sp³-hybridized carbons (Fsp3) is 0.357. The van der Waals surface area contributed by atoms with Crippen molar-refractivity contribution in [2.24, 2.45) is 5.41 Å². The molecule has 43 heavy (non-hydrogen) atoms. The molecule has 0 radical (unpaired) electrons. The van der Waals surface area contributed by atoms with E-state index in [1.54, 1.807) is 20.8 Å². The molecule has 1 fully saturated rings. The maximum atomic E-state index is 14.2. The number of nitrogens with zero attached hydrogens (tertiary/aromatic N) is 2. The van der Waals surface area contributed by atoms with Gasteiger partial charge in [-0.05, 0) is 54.0 Å². The van der Waals surface area contributed by atoms with Gasteiger partial charge in [0, 0.05) is 16.8 Å². The third-order valence-corrected chi connectivity index (χ3v) is 10.3. The zero-order valence-corrected chi connectivity index (χ0v) is 25.9. The van der Waals surface area contributed by atoms with Crippen LogP contribution in [-0.2, 0) is 19.8 Å². The van der Waals surface area contributed by atoms with Crippen molar-refractivity contribution in [3.8, 4) is 0 Å². The molecule has 0 saturated carbocycles. The number of thiophene rings is 1. The molecule has 5 rings (SSSR count). The maximum absolute atomic E-state index is 14.2. The van der Waals surface area contributed by atoms with Crippen LogP contribution in [0.5, 0.6) is 0 Å². The molecule has 3 amide bonds. The van der Waals surface area contributed by atoms with Gasteiger partial charge in [0.15, 0.2) is 5.13 Å². The Labute approximate surface area is 253 Å². The van der Waals surface area contributed by atoms with Gasteiger partial charge in [0.1, 0.15) is 12.1 Å². The lowest BCUT2D eigenvalue weighted by Gasteiger charge is -2.35. The third kappa shape index (κ3) is 6.20. The molecule has 1 saturated heterocycles. The summed E-state index contributed by atoms with van der Waals surface area (Å²) in [6.07, 6.45) is 1.05. The van der Waals surface area contributed by atoms with Crippen LogP contribution >= 0.6 is 30.3 Å². The van der Waals surface area contributed by atoms with Crippen LogP contribution in [0, 0.1) is 5.41 Å². The predicted octanol–water partition coefficient (Wildman–Crippen LogP) is 5.51. The Morgan fingerprint density at radius 2 is 1.79 bits per heavy atom. The van der Waals surface area contributed by atoms with Gasteiger partial charge >= 0.3 is 13.3 Å². The number of hydrogen-bond acceptors (Lipinski definition) is 7. The molecule has 4 aromatic rings. The van der Waals surface area contributed by atoms with Crippen LogP contribution in [0.15, 0.2) is 48.5 Å². The summed E-state index contributed by atoms with van der Waals surface area (Å²) < 4.78 is 41.2. The topological polar surface area (TPSA) is 149 Å². The van der Waals surface area contributed by atoms with Gasteiger partial charge in [0.2, 0.25) is 11.8 Å². The number of carbonyl (C=O) groups is 3. The average Bonchev–Trinajstić information content (AvgIpc) is 3.67. The first-order chi connectivity index (χ1) is 20.1. The number of para-hydroxylation sites is 1. The van der Waals surface area contributed by atoms with Gasteiger partial charge < -0.3 is 25.3 Å². The van der Waals surface area contributed by atoms with Crippen molar-refractivity contribution in [3.63, 3.8) is 0 Å². The van der Waals surface area contributed by atoms with Crippen molar-refractivity contribution < 1.29 is 37.5 Å². The highest BCUT2D eigenvalue weighted by Crippen LogP contribution is 2.59. The van der Waals surface area contributed by atoms with Gasteiger partial charge in [0.05, 0.1) is 15.1 Å². The predicted molar refractivity (Wildman–Crippen MR) is 161 cm³/mol. The Kier molecular flexibility index (Phi) is 8.20. The third-order valence-electron chi connectivity index (χ3n) is 7.20. The van der Waals surface area contributed by atoms with E-state index in [-0.39, 0.29) is 16.2 Å². The number of thiazole rings is 1. The average molecular weight is 651 g/mol. The lowest BCUT2D eigenvalue weighted by atomic mass is 9.85. The van der Waals surface area contributed by atoms with E-state index in [0.29, 0.717) is 29.2 Å². The summed E-state index contributed by atoms with van der Waals surface area (Å²) in [5, 5.41) is 6.23. The second-order valence-electron chi connectivity index (χ2n) is 11.4. The molecule has 10 nitrogen and oxygen atoms in total. The zero-order valence-electron chi connectivity index (χ0n) is 23.3. The fourth-order valence-corrected chi connectivity index (χ4v) is 7.24. The molecule has 0 bridgehead atoms. The van der Waals surface area contributed by atoms with Gasteiger partial charge in [-0.15, -0.1) is 11.3 Å². The maximum Gasteiger partial charge on any atom is 0.399 e. The van der Waals surface area contributed by atoms with Crippen molar-refractivity contribution in [1.29, 1.82) is 0 Å². The Hall–Kier alpha value is -3.29. The summed E-state index contributed by atoms with van der Waals surface area (Å²) in [6.45, 7) is 5.68. The van der Waals surface area contributed by atoms with Gasteiger partial charge in [-0.3, -0.25) is 18.9 Å². The molecule has 2 atom stereocenters. The molecule has 4 N–H and O–H groups in total. The summed E-state index contributed by atoms with van der Waals surface area (Å²) in [5.74, 6) is -1.41. The van der Waals surface area contributed by atoms with Crippen molar-refractivity contribution in [2.75, 3.05) is 11.9 Å². The number of nitrogens with one attached hydrogen (secondary N) is 2. The van der Waals surface area contributed by atoms with Crippen molar-refractivity contribution in [1.82, 2.24) is 15.2 Å². The highest BCUT2D eigenvalue weighted by atomic mass is 32.1. The molecule has 2 aromatic carbocycles. The van der Waals surface area contributed by atoms with Crippen molar-refractivity contribution in [2.45, 2.75) is 51.4 Å². The number of carbonyl (C=O) groups excluding carboxylic acids is 3. The number of benzene rings is 2. The molecule has 228 valence electrons. The first-order valence-electron chi connectivity index (χ1n) is 13.3. The number of halogens is 2. The smallest absolute Gasteiger partial charge is 0.339 e. The van der Waals surface area contributed by atoms with E-state index in [0.717, 1.165) is 33.7 Å². The SMILES string of the molecule is CC(C)(C)C(NC(=O)c1cc2cc(C(F)(F)P(=O)(O)O)ccc2s1)C(=O)N1CCCC1C(=O)Nc1nc2ccccc2s1. The number of rotatable bonds is 7. The van der Waals surface area contributed by atoms with Crippen LogP contribution in [0.2, 0.25) is 0 Å². The number of likely N-dealkylation sites (tertiary alicyclic amines) is 1. The van der Waals surface area contributed by atoms with Gasteiger partial charge in [-0.2, -0.15) is 8.78 Å². The minimum Gasteiger partial charge on any atom is -0.339 e. The van der Waals surface area contributed by atoms with Gasteiger partial charge in [-0.25, -0.2) is 4.98 Å². The lowest BCUT2D eigenvalue weighted by molar-refractivity contribution is -0.140. The number of amides is 3. The molecule has 0 aliphatic carbocycles. The number of hydrogen-bond donors (Lipinski definition) is 4. The summed E-state index contributed by atoms with van der Waals surface area (Å²) in [5.41, 5.74) is -5.25. The van der Waals surface area contributed by atoms with Crippen LogP contribution in [0.25, 0.3) is 20.3 Å². The second kappa shape index (κ2) is 11.3. The minimum atomic E-state index is -5.76. The van der Waals surface area contributed by atoms with Crippen LogP contribution in [0.3, 0.4) is 0 Å². The molecular formula is C28H29F2N4O6PS2. The highest BCUT2D eigenvalue weighted by molar-refractivity contribution is 7.52. The van der Waals surface area contributed by atoms with Crippen LogP contribution < -0.4 is 10.6 Å². The second-order valence-corrected chi connectivity index (χ2v) is 15.2. The van der Waals surface area contributed by atoms with E-state index >= 15 is 0 Å². The standard InChI is InChI=1S/C28H29F2N4O6PS2/c1-27(2,3)22(32-24(36)21-14-15-13-16(10-11-19(15)42-21)28(29,30)41(38,39)40)25(37)34-12-6-8-18(34)23(35)33-26-31-17-7-4-5-9-20(17)43-26/h4-5,7,9-11,13-14,18,22H,6,8,12H2,1-3H3,(H,32,36)(H,31,33,35)(H2,38,39,40). The largest absolute Gasteiger partial charge is 0.399 e. The normalized spacial score (nSPS) is 16.9. The Bertz CT molecular complexity index is 1750. The van der Waals surface area contributed by atoms with E-state index in [2.05, 4.69) is 15.6 Å². The Morgan fingerprint density at radius 1 is 1.07 bits per heavy atom. The van der Waals surface area contributed by atoms with E-state index in [1.165, 1.54) is 28.4 Å². The molecule has 2 unspecified atom stereocenters. The van der Waals surface area contributed by atoms with Gasteiger partial charge in [-0.1, -0.05) is 50.3 Å². The van der Waals surface area contributed by atoms with E-state index in [1.807, 2.05) is 24.3 Å². The number of anilines is 1. The molecule has 0 spiro atoms. The summed E-state index contributed by atoms with van der Waals surface area (Å²) >= 11 is 2.32. The number of fused-ring (bicyclic) bond motifs is 2. The number of alkyl halides is 2. The fourth-order valence-electron chi connectivity index (χ4n) is 4.94. The van der Waals surface area contributed by atoms with Crippen LogP contribution in [-0.4, -0.2) is 56.0 Å².